The molecule has 0 fully saturated rings. The van der Waals surface area contributed by atoms with Crippen LogP contribution in [0.5, 0.6) is 0 Å². The average molecular weight is 278 g/mol. The number of carbonyl (C=O) groups is 2. The van der Waals surface area contributed by atoms with Crippen molar-refractivity contribution in [2.24, 2.45) is 5.41 Å². The van der Waals surface area contributed by atoms with E-state index < -0.39 is 5.41 Å². The monoisotopic (exact) mass is 278 g/mol. The van der Waals surface area contributed by atoms with Crippen LogP contribution in [-0.4, -0.2) is 25.7 Å². The lowest BCUT2D eigenvalue weighted by molar-refractivity contribution is -0.150. The SMILES string of the molecule is COC(=O)C(C)(C)CNC(=O)Nc1ccc(C)c(C)c1. The number of esters is 1. The molecule has 0 saturated heterocycles. The van der Waals surface area contributed by atoms with E-state index in [9.17, 15) is 9.59 Å². The standard InChI is InChI=1S/C15H22N2O3/c1-10-6-7-12(8-11(10)2)17-14(19)16-9-15(3,4)13(18)20-5/h6-8H,9H2,1-5H3,(H2,16,17,19). The molecule has 0 saturated carbocycles. The Balaban J connectivity index is 2.56. The first-order valence-corrected chi connectivity index (χ1v) is 6.47. The van der Waals surface area contributed by atoms with Gasteiger partial charge in [-0.05, 0) is 51.0 Å². The molecule has 20 heavy (non-hydrogen) atoms. The summed E-state index contributed by atoms with van der Waals surface area (Å²) in [5.74, 6) is -0.357. The normalized spacial score (nSPS) is 10.8. The van der Waals surface area contributed by atoms with Crippen molar-refractivity contribution in [3.63, 3.8) is 0 Å². The Morgan fingerprint density at radius 1 is 1.20 bits per heavy atom. The Morgan fingerprint density at radius 2 is 1.85 bits per heavy atom. The summed E-state index contributed by atoms with van der Waals surface area (Å²) < 4.78 is 4.68. The number of amides is 2. The third-order valence-electron chi connectivity index (χ3n) is 3.19. The summed E-state index contributed by atoms with van der Waals surface area (Å²) in [6.45, 7) is 7.64. The van der Waals surface area contributed by atoms with Gasteiger partial charge in [0.15, 0.2) is 0 Å². The predicted molar refractivity (Wildman–Crippen MR) is 78.7 cm³/mol. The topological polar surface area (TPSA) is 67.4 Å². The van der Waals surface area contributed by atoms with E-state index in [4.69, 9.17) is 0 Å². The number of nitrogens with one attached hydrogen (secondary N) is 2. The number of urea groups is 1. The van der Waals surface area contributed by atoms with Crippen LogP contribution in [0.4, 0.5) is 10.5 Å². The number of aryl methyl sites for hydroxylation is 2. The second-order valence-corrected chi connectivity index (χ2v) is 5.48. The Morgan fingerprint density at radius 3 is 2.40 bits per heavy atom. The molecule has 0 aromatic heterocycles. The second-order valence-electron chi connectivity index (χ2n) is 5.48. The summed E-state index contributed by atoms with van der Waals surface area (Å²) in [4.78, 5) is 23.3. The fraction of sp³-hybridized carbons (Fsp3) is 0.467. The van der Waals surface area contributed by atoms with Gasteiger partial charge in [-0.3, -0.25) is 4.79 Å². The van der Waals surface area contributed by atoms with E-state index in [-0.39, 0.29) is 18.5 Å². The van der Waals surface area contributed by atoms with Crippen LogP contribution >= 0.6 is 0 Å². The van der Waals surface area contributed by atoms with Crippen molar-refractivity contribution in [2.45, 2.75) is 27.7 Å². The van der Waals surface area contributed by atoms with Gasteiger partial charge in [-0.2, -0.15) is 0 Å². The first-order chi connectivity index (χ1) is 9.26. The smallest absolute Gasteiger partial charge is 0.319 e. The van der Waals surface area contributed by atoms with Crippen molar-refractivity contribution in [1.29, 1.82) is 0 Å². The van der Waals surface area contributed by atoms with E-state index in [0.29, 0.717) is 0 Å². The Kier molecular flexibility index (Phi) is 5.13. The van der Waals surface area contributed by atoms with Gasteiger partial charge in [0.1, 0.15) is 0 Å². The maximum Gasteiger partial charge on any atom is 0.319 e. The molecule has 2 N–H and O–H groups in total. The van der Waals surface area contributed by atoms with Crippen molar-refractivity contribution in [3.05, 3.63) is 29.3 Å². The number of hydrogen-bond donors (Lipinski definition) is 2. The average Bonchev–Trinajstić information content (AvgIpc) is 2.40. The maximum atomic E-state index is 11.8. The van der Waals surface area contributed by atoms with Crippen LogP contribution in [0.1, 0.15) is 25.0 Å². The largest absolute Gasteiger partial charge is 0.469 e. The van der Waals surface area contributed by atoms with E-state index in [1.807, 2.05) is 32.0 Å². The molecule has 0 aliphatic carbocycles. The zero-order valence-electron chi connectivity index (χ0n) is 12.7. The minimum Gasteiger partial charge on any atom is -0.469 e. The first kappa shape index (κ1) is 16.0. The highest BCUT2D eigenvalue weighted by molar-refractivity contribution is 5.89. The predicted octanol–water partition coefficient (Wildman–Crippen LogP) is 2.62. The number of anilines is 1. The number of hydrogen-bond acceptors (Lipinski definition) is 3. The summed E-state index contributed by atoms with van der Waals surface area (Å²) in [7, 11) is 1.33. The molecule has 0 aliphatic rings. The molecule has 5 nitrogen and oxygen atoms in total. The van der Waals surface area contributed by atoms with Gasteiger partial charge >= 0.3 is 12.0 Å². The number of ether oxygens (including phenoxy) is 1. The minimum absolute atomic E-state index is 0.205. The van der Waals surface area contributed by atoms with Crippen LogP contribution in [0.2, 0.25) is 0 Å². The van der Waals surface area contributed by atoms with Crippen LogP contribution in [0, 0.1) is 19.3 Å². The van der Waals surface area contributed by atoms with Crippen LogP contribution < -0.4 is 10.6 Å². The molecule has 1 aromatic rings. The van der Waals surface area contributed by atoms with E-state index in [2.05, 4.69) is 15.4 Å². The molecule has 2 amide bonds. The summed E-state index contributed by atoms with van der Waals surface area (Å²) >= 11 is 0. The van der Waals surface area contributed by atoms with Crippen molar-refractivity contribution in [1.82, 2.24) is 5.32 Å². The number of benzene rings is 1. The molecule has 0 radical (unpaired) electrons. The Hall–Kier alpha value is -2.04. The zero-order valence-corrected chi connectivity index (χ0v) is 12.7. The second kappa shape index (κ2) is 6.41. The molecular weight excluding hydrogens is 256 g/mol. The fourth-order valence-electron chi connectivity index (χ4n) is 1.64. The molecule has 0 bridgehead atoms. The summed E-state index contributed by atoms with van der Waals surface area (Å²) in [5.41, 5.74) is 2.25. The molecule has 0 heterocycles. The third-order valence-corrected chi connectivity index (χ3v) is 3.19. The highest BCUT2D eigenvalue weighted by Crippen LogP contribution is 2.16. The third kappa shape index (κ3) is 4.26. The number of carbonyl (C=O) groups excluding carboxylic acids is 2. The van der Waals surface area contributed by atoms with Crippen molar-refractivity contribution in [2.75, 3.05) is 19.0 Å². The molecule has 0 atom stereocenters. The van der Waals surface area contributed by atoms with Gasteiger partial charge in [-0.25, -0.2) is 4.79 Å². The first-order valence-electron chi connectivity index (χ1n) is 6.47. The van der Waals surface area contributed by atoms with Crippen LogP contribution in [0.3, 0.4) is 0 Å². The number of rotatable bonds is 4. The van der Waals surface area contributed by atoms with Gasteiger partial charge in [-0.15, -0.1) is 0 Å². The van der Waals surface area contributed by atoms with Crippen molar-refractivity contribution < 1.29 is 14.3 Å². The molecule has 0 aliphatic heterocycles. The fourth-order valence-corrected chi connectivity index (χ4v) is 1.64. The van der Waals surface area contributed by atoms with E-state index in [0.717, 1.165) is 11.3 Å². The van der Waals surface area contributed by atoms with Crippen LogP contribution in [-0.2, 0) is 9.53 Å². The minimum atomic E-state index is -0.755. The lowest BCUT2D eigenvalue weighted by atomic mass is 9.94. The van der Waals surface area contributed by atoms with Crippen LogP contribution in [0.15, 0.2) is 18.2 Å². The quantitative estimate of drug-likeness (QED) is 0.832. The molecule has 0 spiro atoms. The summed E-state index contributed by atoms with van der Waals surface area (Å²) in [6.07, 6.45) is 0. The summed E-state index contributed by atoms with van der Waals surface area (Å²) in [6, 6.07) is 5.35. The number of methoxy groups -OCH3 is 1. The molecule has 110 valence electrons. The zero-order chi connectivity index (χ0) is 15.3. The Bertz CT molecular complexity index is 510. The lowest BCUT2D eigenvalue weighted by Gasteiger charge is -2.21. The lowest BCUT2D eigenvalue weighted by Crippen LogP contribution is -2.41. The van der Waals surface area contributed by atoms with Gasteiger partial charge in [0.2, 0.25) is 0 Å². The van der Waals surface area contributed by atoms with Gasteiger partial charge in [-0.1, -0.05) is 6.07 Å². The van der Waals surface area contributed by atoms with Crippen molar-refractivity contribution >= 4 is 17.7 Å². The van der Waals surface area contributed by atoms with E-state index in [1.54, 1.807) is 13.8 Å². The van der Waals surface area contributed by atoms with Gasteiger partial charge in [0.25, 0.3) is 0 Å². The highest BCUT2D eigenvalue weighted by atomic mass is 16.5. The molecule has 0 unspecified atom stereocenters. The van der Waals surface area contributed by atoms with Gasteiger partial charge in [0, 0.05) is 12.2 Å². The highest BCUT2D eigenvalue weighted by Gasteiger charge is 2.29. The molecule has 1 aromatic carbocycles. The van der Waals surface area contributed by atoms with Crippen LogP contribution in [0.25, 0.3) is 0 Å². The summed E-state index contributed by atoms with van der Waals surface area (Å²) in [5, 5.41) is 5.41. The van der Waals surface area contributed by atoms with Gasteiger partial charge in [0.05, 0.1) is 12.5 Å². The van der Waals surface area contributed by atoms with Crippen molar-refractivity contribution in [3.8, 4) is 0 Å². The molecule has 5 heteroatoms. The molecule has 1 rings (SSSR count). The van der Waals surface area contributed by atoms with E-state index >= 15 is 0 Å². The Labute approximate surface area is 119 Å². The maximum absolute atomic E-state index is 11.8. The van der Waals surface area contributed by atoms with Gasteiger partial charge < -0.3 is 15.4 Å². The molecular formula is C15H22N2O3. The van der Waals surface area contributed by atoms with E-state index in [1.165, 1.54) is 12.7 Å².